The van der Waals surface area contributed by atoms with Crippen LogP contribution in [0.5, 0.6) is 0 Å². The van der Waals surface area contributed by atoms with Crippen LogP contribution in [0.25, 0.3) is 0 Å². The number of benzene rings is 1. The van der Waals surface area contributed by atoms with Gasteiger partial charge in [-0.15, -0.1) is 0 Å². The number of nitrogens with zero attached hydrogens (tertiary/aromatic N) is 1. The van der Waals surface area contributed by atoms with E-state index in [1.807, 2.05) is 18.2 Å². The van der Waals surface area contributed by atoms with Crippen molar-refractivity contribution >= 4 is 11.8 Å². The number of rotatable bonds is 4. The molecule has 0 aromatic heterocycles. The lowest BCUT2D eigenvalue weighted by atomic mass is 10.1. The van der Waals surface area contributed by atoms with Crippen LogP contribution in [0.3, 0.4) is 0 Å². The third-order valence-corrected chi connectivity index (χ3v) is 3.36. The van der Waals surface area contributed by atoms with Crippen LogP contribution in [0.15, 0.2) is 30.3 Å². The SMILES string of the molecule is O=C(NCCCc1ccccc1)C(=O)N1CCCC1. The van der Waals surface area contributed by atoms with Gasteiger partial charge in [-0.05, 0) is 31.2 Å². The van der Waals surface area contributed by atoms with Crippen molar-refractivity contribution in [2.45, 2.75) is 25.7 Å². The molecule has 1 aliphatic heterocycles. The third kappa shape index (κ3) is 4.09. The Morgan fingerprint density at radius 3 is 2.47 bits per heavy atom. The topological polar surface area (TPSA) is 49.4 Å². The average Bonchev–Trinajstić information content (AvgIpc) is 2.98. The van der Waals surface area contributed by atoms with Gasteiger partial charge in [0.1, 0.15) is 0 Å². The number of aryl methyl sites for hydroxylation is 1. The molecule has 0 atom stereocenters. The summed E-state index contributed by atoms with van der Waals surface area (Å²) in [5.41, 5.74) is 1.25. The van der Waals surface area contributed by atoms with E-state index in [4.69, 9.17) is 0 Å². The molecule has 102 valence electrons. The molecular formula is C15H20N2O2. The Morgan fingerprint density at radius 1 is 1.11 bits per heavy atom. The first-order valence-corrected chi connectivity index (χ1v) is 6.88. The van der Waals surface area contributed by atoms with Crippen molar-refractivity contribution in [3.8, 4) is 0 Å². The van der Waals surface area contributed by atoms with Gasteiger partial charge in [0.15, 0.2) is 0 Å². The van der Waals surface area contributed by atoms with Crippen LogP contribution in [0.2, 0.25) is 0 Å². The van der Waals surface area contributed by atoms with Crippen LogP contribution in [0.4, 0.5) is 0 Å². The van der Waals surface area contributed by atoms with Gasteiger partial charge in [0.05, 0.1) is 0 Å². The summed E-state index contributed by atoms with van der Waals surface area (Å²) in [5, 5.41) is 2.70. The van der Waals surface area contributed by atoms with Gasteiger partial charge in [-0.25, -0.2) is 0 Å². The molecule has 0 radical (unpaired) electrons. The van der Waals surface area contributed by atoms with E-state index < -0.39 is 5.91 Å². The summed E-state index contributed by atoms with van der Waals surface area (Å²) in [5.74, 6) is -0.841. The predicted molar refractivity (Wildman–Crippen MR) is 73.6 cm³/mol. The van der Waals surface area contributed by atoms with Crippen LogP contribution >= 0.6 is 0 Å². The fraction of sp³-hybridized carbons (Fsp3) is 0.467. The zero-order valence-corrected chi connectivity index (χ0v) is 11.1. The molecule has 1 aliphatic rings. The van der Waals surface area contributed by atoms with E-state index in [1.165, 1.54) is 5.56 Å². The normalized spacial score (nSPS) is 14.4. The second kappa shape index (κ2) is 6.92. The maximum absolute atomic E-state index is 11.7. The lowest BCUT2D eigenvalue weighted by Gasteiger charge is -2.14. The Morgan fingerprint density at radius 2 is 1.79 bits per heavy atom. The van der Waals surface area contributed by atoms with Crippen molar-refractivity contribution in [1.29, 1.82) is 0 Å². The quantitative estimate of drug-likeness (QED) is 0.656. The number of likely N-dealkylation sites (tertiary alicyclic amines) is 1. The highest BCUT2D eigenvalue weighted by Gasteiger charge is 2.23. The molecule has 1 aromatic carbocycles. The summed E-state index contributed by atoms with van der Waals surface area (Å²) in [4.78, 5) is 25.0. The largest absolute Gasteiger partial charge is 0.348 e. The van der Waals surface area contributed by atoms with Gasteiger partial charge in [-0.1, -0.05) is 30.3 Å². The second-order valence-electron chi connectivity index (χ2n) is 4.84. The zero-order chi connectivity index (χ0) is 13.5. The lowest BCUT2D eigenvalue weighted by Crippen LogP contribution is -2.41. The van der Waals surface area contributed by atoms with Crippen LogP contribution in [0, 0.1) is 0 Å². The van der Waals surface area contributed by atoms with Gasteiger partial charge < -0.3 is 10.2 Å². The molecule has 19 heavy (non-hydrogen) atoms. The Hall–Kier alpha value is -1.84. The van der Waals surface area contributed by atoms with Gasteiger partial charge >= 0.3 is 11.8 Å². The molecule has 2 amide bonds. The molecule has 2 rings (SSSR count). The molecule has 0 unspecified atom stereocenters. The minimum absolute atomic E-state index is 0.378. The number of carbonyl (C=O) groups excluding carboxylic acids is 2. The van der Waals surface area contributed by atoms with Gasteiger partial charge in [0.25, 0.3) is 0 Å². The van der Waals surface area contributed by atoms with Crippen molar-refractivity contribution in [1.82, 2.24) is 10.2 Å². The van der Waals surface area contributed by atoms with Crippen LogP contribution in [-0.4, -0.2) is 36.3 Å². The molecule has 4 nitrogen and oxygen atoms in total. The van der Waals surface area contributed by atoms with Crippen molar-refractivity contribution in [3.63, 3.8) is 0 Å². The molecule has 1 fully saturated rings. The maximum atomic E-state index is 11.7. The molecule has 1 aromatic rings. The Balaban J connectivity index is 1.65. The molecule has 0 bridgehead atoms. The first kappa shape index (κ1) is 13.6. The average molecular weight is 260 g/mol. The monoisotopic (exact) mass is 260 g/mol. The number of hydrogen-bond acceptors (Lipinski definition) is 2. The number of carbonyl (C=O) groups is 2. The highest BCUT2D eigenvalue weighted by molar-refractivity contribution is 6.35. The summed E-state index contributed by atoms with van der Waals surface area (Å²) in [6, 6.07) is 10.1. The molecule has 4 heteroatoms. The third-order valence-electron chi connectivity index (χ3n) is 3.36. The number of hydrogen-bond donors (Lipinski definition) is 1. The highest BCUT2D eigenvalue weighted by Crippen LogP contribution is 2.07. The summed E-state index contributed by atoms with van der Waals surface area (Å²) in [7, 11) is 0. The maximum Gasteiger partial charge on any atom is 0.311 e. The van der Waals surface area contributed by atoms with E-state index in [-0.39, 0.29) is 5.91 Å². The fourth-order valence-corrected chi connectivity index (χ4v) is 2.28. The predicted octanol–water partition coefficient (Wildman–Crippen LogP) is 1.36. The molecule has 0 aliphatic carbocycles. The highest BCUT2D eigenvalue weighted by atomic mass is 16.2. The summed E-state index contributed by atoms with van der Waals surface area (Å²) in [6.45, 7) is 1.99. The van der Waals surface area contributed by atoms with Crippen LogP contribution < -0.4 is 5.32 Å². The minimum Gasteiger partial charge on any atom is -0.348 e. The van der Waals surface area contributed by atoms with E-state index in [0.29, 0.717) is 6.54 Å². The van der Waals surface area contributed by atoms with E-state index in [9.17, 15) is 9.59 Å². The number of nitrogens with one attached hydrogen (secondary N) is 1. The summed E-state index contributed by atoms with van der Waals surface area (Å²) >= 11 is 0. The van der Waals surface area contributed by atoms with Gasteiger partial charge in [0.2, 0.25) is 0 Å². The molecular weight excluding hydrogens is 240 g/mol. The molecule has 0 saturated carbocycles. The van der Waals surface area contributed by atoms with E-state index in [1.54, 1.807) is 4.90 Å². The van der Waals surface area contributed by atoms with E-state index in [2.05, 4.69) is 17.4 Å². The Labute approximate surface area is 113 Å². The number of amides is 2. The van der Waals surface area contributed by atoms with E-state index >= 15 is 0 Å². The first-order chi connectivity index (χ1) is 9.27. The first-order valence-electron chi connectivity index (χ1n) is 6.88. The fourth-order valence-electron chi connectivity index (χ4n) is 2.28. The van der Waals surface area contributed by atoms with Crippen molar-refractivity contribution in [2.24, 2.45) is 0 Å². The smallest absolute Gasteiger partial charge is 0.311 e. The van der Waals surface area contributed by atoms with Gasteiger partial charge in [0, 0.05) is 19.6 Å². The standard InChI is InChI=1S/C15H20N2O2/c18-14(15(19)17-11-4-5-12-17)16-10-6-9-13-7-2-1-3-8-13/h1-3,7-8H,4-6,9-12H2,(H,16,18). The lowest BCUT2D eigenvalue weighted by molar-refractivity contribution is -0.145. The van der Waals surface area contributed by atoms with Crippen molar-refractivity contribution < 1.29 is 9.59 Å². The molecule has 1 saturated heterocycles. The Bertz CT molecular complexity index is 425. The zero-order valence-electron chi connectivity index (χ0n) is 11.1. The summed E-state index contributed by atoms with van der Waals surface area (Å²) < 4.78 is 0. The molecule has 1 N–H and O–H groups in total. The summed E-state index contributed by atoms with van der Waals surface area (Å²) in [6.07, 6.45) is 3.78. The van der Waals surface area contributed by atoms with Gasteiger partial charge in [-0.3, -0.25) is 9.59 Å². The second-order valence-corrected chi connectivity index (χ2v) is 4.84. The van der Waals surface area contributed by atoms with E-state index in [0.717, 1.165) is 38.8 Å². The van der Waals surface area contributed by atoms with Crippen molar-refractivity contribution in [3.05, 3.63) is 35.9 Å². The van der Waals surface area contributed by atoms with Crippen LogP contribution in [0.1, 0.15) is 24.8 Å². The molecule has 0 spiro atoms. The molecule has 1 heterocycles. The van der Waals surface area contributed by atoms with Crippen LogP contribution in [-0.2, 0) is 16.0 Å². The minimum atomic E-state index is -0.463. The van der Waals surface area contributed by atoms with Gasteiger partial charge in [-0.2, -0.15) is 0 Å². The Kier molecular flexibility index (Phi) is 4.95. The van der Waals surface area contributed by atoms with Crippen molar-refractivity contribution in [2.75, 3.05) is 19.6 Å².